The first-order valence-electron chi connectivity index (χ1n) is 7.75. The molecule has 2 aromatic rings. The summed E-state index contributed by atoms with van der Waals surface area (Å²) in [6.07, 6.45) is 3.39. The number of aromatic nitrogens is 2. The van der Waals surface area contributed by atoms with Gasteiger partial charge in [0, 0.05) is 18.4 Å². The standard InChI is InChI=1S/C17H25N3O2S/c1-14(15-6-8-16(9-7-15)17(2,3)4)19-23(21,22)13-12-20-11-5-10-18-20/h5-11,14,19H,12-13H2,1-4H3. The molecule has 2 rings (SSSR count). The molecule has 1 atom stereocenters. The first kappa shape index (κ1) is 17.7. The lowest BCUT2D eigenvalue weighted by molar-refractivity contribution is 0.554. The fraction of sp³-hybridized carbons (Fsp3) is 0.471. The zero-order valence-electron chi connectivity index (χ0n) is 14.2. The van der Waals surface area contributed by atoms with Crippen LogP contribution in [0.2, 0.25) is 0 Å². The third-order valence-electron chi connectivity index (χ3n) is 3.78. The number of hydrogen-bond acceptors (Lipinski definition) is 3. The van der Waals surface area contributed by atoms with Crippen molar-refractivity contribution in [2.45, 2.75) is 45.7 Å². The van der Waals surface area contributed by atoms with Crippen LogP contribution in [-0.2, 0) is 22.0 Å². The largest absolute Gasteiger partial charge is 0.272 e. The van der Waals surface area contributed by atoms with Crippen molar-refractivity contribution >= 4 is 10.0 Å². The van der Waals surface area contributed by atoms with Crippen LogP contribution in [0.5, 0.6) is 0 Å². The normalized spacial score (nSPS) is 13.9. The molecule has 0 amide bonds. The van der Waals surface area contributed by atoms with E-state index in [1.54, 1.807) is 23.1 Å². The van der Waals surface area contributed by atoms with Gasteiger partial charge < -0.3 is 0 Å². The smallest absolute Gasteiger partial charge is 0.213 e. The minimum atomic E-state index is -3.35. The minimum absolute atomic E-state index is 0.0130. The Balaban J connectivity index is 1.98. The highest BCUT2D eigenvalue weighted by Gasteiger charge is 2.17. The molecule has 23 heavy (non-hydrogen) atoms. The van der Waals surface area contributed by atoms with Gasteiger partial charge in [0.25, 0.3) is 0 Å². The van der Waals surface area contributed by atoms with Crippen molar-refractivity contribution in [1.29, 1.82) is 0 Å². The van der Waals surface area contributed by atoms with E-state index in [2.05, 4.69) is 42.7 Å². The molecule has 0 fully saturated rings. The lowest BCUT2D eigenvalue weighted by atomic mass is 9.86. The minimum Gasteiger partial charge on any atom is -0.272 e. The van der Waals surface area contributed by atoms with Gasteiger partial charge in [-0.15, -0.1) is 0 Å². The van der Waals surface area contributed by atoms with Gasteiger partial charge in [-0.3, -0.25) is 4.68 Å². The van der Waals surface area contributed by atoms with E-state index in [4.69, 9.17) is 0 Å². The maximum atomic E-state index is 12.2. The first-order valence-corrected chi connectivity index (χ1v) is 9.40. The third-order valence-corrected chi connectivity index (χ3v) is 5.21. The molecule has 1 aromatic heterocycles. The summed E-state index contributed by atoms with van der Waals surface area (Å²) in [5, 5.41) is 4.01. The van der Waals surface area contributed by atoms with E-state index >= 15 is 0 Å². The van der Waals surface area contributed by atoms with Crippen molar-refractivity contribution in [2.24, 2.45) is 0 Å². The van der Waals surface area contributed by atoms with E-state index < -0.39 is 10.0 Å². The monoisotopic (exact) mass is 335 g/mol. The van der Waals surface area contributed by atoms with E-state index in [1.807, 2.05) is 19.1 Å². The number of benzene rings is 1. The number of nitrogens with one attached hydrogen (secondary N) is 1. The van der Waals surface area contributed by atoms with E-state index in [0.717, 1.165) is 5.56 Å². The van der Waals surface area contributed by atoms with Crippen molar-refractivity contribution in [3.8, 4) is 0 Å². The molecule has 0 aliphatic carbocycles. The molecule has 6 heteroatoms. The Morgan fingerprint density at radius 3 is 2.39 bits per heavy atom. The van der Waals surface area contributed by atoms with Crippen LogP contribution in [0, 0.1) is 0 Å². The van der Waals surface area contributed by atoms with Gasteiger partial charge in [-0.25, -0.2) is 13.1 Å². The topological polar surface area (TPSA) is 64.0 Å². The molecule has 5 nitrogen and oxygen atoms in total. The fourth-order valence-corrected chi connectivity index (χ4v) is 3.53. The summed E-state index contributed by atoms with van der Waals surface area (Å²) in [5.74, 6) is 0.0130. The quantitative estimate of drug-likeness (QED) is 0.883. The average molecular weight is 335 g/mol. The molecule has 1 N–H and O–H groups in total. The molecule has 1 aromatic carbocycles. The van der Waals surface area contributed by atoms with E-state index in [-0.39, 0.29) is 17.2 Å². The van der Waals surface area contributed by atoms with Crippen molar-refractivity contribution in [3.63, 3.8) is 0 Å². The highest BCUT2D eigenvalue weighted by molar-refractivity contribution is 7.89. The van der Waals surface area contributed by atoms with Crippen LogP contribution < -0.4 is 4.72 Å². The second-order valence-electron chi connectivity index (χ2n) is 6.80. The molecule has 0 aliphatic heterocycles. The summed E-state index contributed by atoms with van der Waals surface area (Å²) in [6.45, 7) is 8.67. The summed E-state index contributed by atoms with van der Waals surface area (Å²) >= 11 is 0. The summed E-state index contributed by atoms with van der Waals surface area (Å²) in [5.41, 5.74) is 2.28. The van der Waals surface area contributed by atoms with Crippen molar-refractivity contribution in [2.75, 3.05) is 5.75 Å². The third kappa shape index (κ3) is 5.18. The van der Waals surface area contributed by atoms with E-state index in [9.17, 15) is 8.42 Å². The van der Waals surface area contributed by atoms with Crippen LogP contribution in [-0.4, -0.2) is 24.0 Å². The van der Waals surface area contributed by atoms with Gasteiger partial charge in [0.2, 0.25) is 10.0 Å². The number of aryl methyl sites for hydroxylation is 1. The predicted molar refractivity (Wildman–Crippen MR) is 92.7 cm³/mol. The maximum Gasteiger partial charge on any atom is 0.213 e. The van der Waals surface area contributed by atoms with Crippen LogP contribution in [0.4, 0.5) is 0 Å². The van der Waals surface area contributed by atoms with E-state index in [0.29, 0.717) is 6.54 Å². The Hall–Kier alpha value is -1.66. The van der Waals surface area contributed by atoms with Gasteiger partial charge in [0.15, 0.2) is 0 Å². The molecule has 126 valence electrons. The fourth-order valence-electron chi connectivity index (χ4n) is 2.31. The lowest BCUT2D eigenvalue weighted by Crippen LogP contribution is -2.30. The van der Waals surface area contributed by atoms with Crippen molar-refractivity contribution in [1.82, 2.24) is 14.5 Å². The Kier molecular flexibility index (Phi) is 5.26. The zero-order valence-corrected chi connectivity index (χ0v) is 15.0. The highest BCUT2D eigenvalue weighted by Crippen LogP contribution is 2.24. The Morgan fingerprint density at radius 2 is 1.87 bits per heavy atom. The molecule has 1 heterocycles. The second kappa shape index (κ2) is 6.84. The predicted octanol–water partition coefficient (Wildman–Crippen LogP) is 2.86. The second-order valence-corrected chi connectivity index (χ2v) is 8.67. The number of rotatable bonds is 6. The highest BCUT2D eigenvalue weighted by atomic mass is 32.2. The summed E-state index contributed by atoms with van der Waals surface area (Å²) in [6, 6.07) is 9.61. The summed E-state index contributed by atoms with van der Waals surface area (Å²) < 4.78 is 28.7. The zero-order chi connectivity index (χ0) is 17.1. The number of hydrogen-bond donors (Lipinski definition) is 1. The number of sulfonamides is 1. The van der Waals surface area contributed by atoms with Gasteiger partial charge in [-0.05, 0) is 29.5 Å². The molecular weight excluding hydrogens is 310 g/mol. The molecule has 0 saturated heterocycles. The van der Waals surface area contributed by atoms with Crippen LogP contribution >= 0.6 is 0 Å². The van der Waals surface area contributed by atoms with E-state index in [1.165, 1.54) is 5.56 Å². The molecular formula is C17H25N3O2S. The Labute approximate surface area is 138 Å². The van der Waals surface area contributed by atoms with Crippen molar-refractivity contribution in [3.05, 3.63) is 53.9 Å². The molecule has 0 spiro atoms. The maximum absolute atomic E-state index is 12.2. The van der Waals surface area contributed by atoms with Gasteiger partial charge in [-0.2, -0.15) is 5.10 Å². The Morgan fingerprint density at radius 1 is 1.22 bits per heavy atom. The molecule has 0 bridgehead atoms. The SMILES string of the molecule is CC(NS(=O)(=O)CCn1cccn1)c1ccc(C(C)(C)C)cc1. The van der Waals surface area contributed by atoms with Gasteiger partial charge >= 0.3 is 0 Å². The molecule has 0 saturated carbocycles. The van der Waals surface area contributed by atoms with Crippen LogP contribution in [0.15, 0.2) is 42.7 Å². The van der Waals surface area contributed by atoms with Crippen LogP contribution in [0.3, 0.4) is 0 Å². The Bertz CT molecular complexity index is 714. The van der Waals surface area contributed by atoms with Gasteiger partial charge in [0.1, 0.15) is 0 Å². The first-order chi connectivity index (χ1) is 10.7. The number of nitrogens with zero attached hydrogens (tertiary/aromatic N) is 2. The van der Waals surface area contributed by atoms with Gasteiger partial charge in [0.05, 0.1) is 12.3 Å². The lowest BCUT2D eigenvalue weighted by Gasteiger charge is -2.20. The molecule has 0 radical (unpaired) electrons. The summed E-state index contributed by atoms with van der Waals surface area (Å²) in [4.78, 5) is 0. The van der Waals surface area contributed by atoms with Crippen LogP contribution in [0.25, 0.3) is 0 Å². The average Bonchev–Trinajstić information content (AvgIpc) is 2.97. The summed E-state index contributed by atoms with van der Waals surface area (Å²) in [7, 11) is -3.35. The molecule has 1 unspecified atom stereocenters. The van der Waals surface area contributed by atoms with Crippen molar-refractivity contribution < 1.29 is 8.42 Å². The molecule has 0 aliphatic rings. The van der Waals surface area contributed by atoms with Gasteiger partial charge in [-0.1, -0.05) is 45.0 Å². The van der Waals surface area contributed by atoms with Crippen LogP contribution in [0.1, 0.15) is 44.9 Å².